The molecule has 2 amide bonds. The summed E-state index contributed by atoms with van der Waals surface area (Å²) in [6, 6.07) is 10.6. The van der Waals surface area contributed by atoms with Crippen molar-refractivity contribution < 1.29 is 23.2 Å². The van der Waals surface area contributed by atoms with Gasteiger partial charge in [-0.3, -0.25) is 14.4 Å². The first-order valence-electron chi connectivity index (χ1n) is 13.2. The minimum Gasteiger partial charge on any atom is -0.350 e. The number of H-pyrrole nitrogens is 2. The van der Waals surface area contributed by atoms with Gasteiger partial charge in [0.2, 0.25) is 5.91 Å². The summed E-state index contributed by atoms with van der Waals surface area (Å²) in [6.45, 7) is 4.82. The SMILES string of the molecule is CC(C)C[C@H](CC(=O)c1cc2cc(F)cc(F)c2[nH]1)C(=O)N1C[C@@H]2C[C@H]1CN2C(=O)c1nc2ccccc2[nH]1. The molecule has 2 aromatic heterocycles. The number of nitrogens with one attached hydrogen (secondary N) is 2. The van der Waals surface area contributed by atoms with Crippen LogP contribution in [0.25, 0.3) is 21.9 Å². The lowest BCUT2D eigenvalue weighted by atomic mass is 9.90. The molecular weight excluding hydrogens is 504 g/mol. The smallest absolute Gasteiger partial charge is 0.290 e. The molecule has 202 valence electrons. The van der Waals surface area contributed by atoms with Crippen molar-refractivity contribution >= 4 is 39.5 Å². The number of ketones is 1. The van der Waals surface area contributed by atoms with Crippen molar-refractivity contribution in [2.75, 3.05) is 13.1 Å². The number of aromatic nitrogens is 3. The number of hydrogen-bond acceptors (Lipinski definition) is 4. The highest BCUT2D eigenvalue weighted by Gasteiger charge is 2.48. The molecule has 0 spiro atoms. The van der Waals surface area contributed by atoms with Crippen LogP contribution in [0.2, 0.25) is 0 Å². The first kappa shape index (κ1) is 25.2. The zero-order valence-corrected chi connectivity index (χ0v) is 21.7. The monoisotopic (exact) mass is 533 g/mol. The number of carbonyl (C=O) groups is 3. The minimum atomic E-state index is -0.770. The number of aromatic amines is 2. The van der Waals surface area contributed by atoms with Crippen LogP contribution in [-0.4, -0.2) is 67.5 Å². The number of amides is 2. The van der Waals surface area contributed by atoms with E-state index >= 15 is 0 Å². The Morgan fingerprint density at radius 3 is 2.49 bits per heavy atom. The van der Waals surface area contributed by atoms with Crippen LogP contribution >= 0.6 is 0 Å². The molecule has 8 nitrogen and oxygen atoms in total. The Morgan fingerprint density at radius 2 is 1.77 bits per heavy atom. The molecule has 6 rings (SSSR count). The quantitative estimate of drug-likeness (QED) is 0.337. The Hall–Kier alpha value is -4.08. The highest BCUT2D eigenvalue weighted by atomic mass is 19.1. The van der Waals surface area contributed by atoms with Gasteiger partial charge in [0.25, 0.3) is 5.91 Å². The average molecular weight is 534 g/mol. The number of piperazine rings is 1. The van der Waals surface area contributed by atoms with E-state index in [1.807, 2.05) is 43.0 Å². The van der Waals surface area contributed by atoms with Crippen LogP contribution in [0.3, 0.4) is 0 Å². The summed E-state index contributed by atoms with van der Waals surface area (Å²) < 4.78 is 27.8. The van der Waals surface area contributed by atoms with E-state index in [-0.39, 0.29) is 58.6 Å². The second kappa shape index (κ2) is 9.59. The van der Waals surface area contributed by atoms with Crippen molar-refractivity contribution in [3.63, 3.8) is 0 Å². The fourth-order valence-corrected chi connectivity index (χ4v) is 6.10. The van der Waals surface area contributed by atoms with Crippen LogP contribution in [-0.2, 0) is 4.79 Å². The number of nitrogens with zero attached hydrogens (tertiary/aromatic N) is 3. The molecule has 4 heterocycles. The van der Waals surface area contributed by atoms with Crippen LogP contribution < -0.4 is 0 Å². The topological polar surface area (TPSA) is 102 Å². The lowest BCUT2D eigenvalue weighted by Gasteiger charge is -2.36. The Balaban J connectivity index is 1.16. The zero-order valence-electron chi connectivity index (χ0n) is 21.7. The Morgan fingerprint density at radius 1 is 1.03 bits per heavy atom. The summed E-state index contributed by atoms with van der Waals surface area (Å²) >= 11 is 0. The largest absolute Gasteiger partial charge is 0.350 e. The molecule has 2 saturated heterocycles. The third-order valence-electron chi connectivity index (χ3n) is 7.86. The molecule has 4 aromatic rings. The van der Waals surface area contributed by atoms with Gasteiger partial charge in [-0.05, 0) is 43.0 Å². The Labute approximate surface area is 223 Å². The van der Waals surface area contributed by atoms with E-state index < -0.39 is 17.6 Å². The van der Waals surface area contributed by atoms with Crippen LogP contribution in [0, 0.1) is 23.5 Å². The second-order valence-electron chi connectivity index (χ2n) is 11.1. The molecule has 0 aliphatic carbocycles. The highest BCUT2D eigenvalue weighted by molar-refractivity contribution is 6.01. The number of Topliss-reactive ketones (excluding diaryl/α,β-unsaturated/α-hetero) is 1. The lowest BCUT2D eigenvalue weighted by molar-refractivity contribution is -0.138. The standard InChI is InChI=1S/C29H29F2N5O3/c1-15(2)7-17(10-25(37)24-9-16-8-18(30)11-21(31)26(16)32-24)28(38)35-13-20-12-19(35)14-36(20)29(39)27-33-22-5-3-4-6-23(22)34-27/h3-6,8-9,11,15,17,19-20,32H,7,10,12-14H2,1-2H3,(H,33,34)/t17-,19+,20+/m1/s1. The zero-order chi connectivity index (χ0) is 27.4. The number of imidazole rings is 1. The van der Waals surface area contributed by atoms with E-state index in [1.165, 1.54) is 12.1 Å². The molecule has 39 heavy (non-hydrogen) atoms. The number of hydrogen-bond donors (Lipinski definition) is 2. The van der Waals surface area contributed by atoms with Gasteiger partial charge in [0.15, 0.2) is 11.6 Å². The molecule has 2 aliphatic heterocycles. The predicted molar refractivity (Wildman–Crippen MR) is 141 cm³/mol. The minimum absolute atomic E-state index is 0.0382. The van der Waals surface area contributed by atoms with Crippen LogP contribution in [0.15, 0.2) is 42.5 Å². The van der Waals surface area contributed by atoms with Crippen molar-refractivity contribution in [1.82, 2.24) is 24.8 Å². The number of halogens is 2. The van der Waals surface area contributed by atoms with Crippen molar-refractivity contribution in [3.8, 4) is 0 Å². The van der Waals surface area contributed by atoms with E-state index in [1.54, 1.807) is 4.90 Å². The number of para-hydroxylation sites is 2. The third-order valence-corrected chi connectivity index (χ3v) is 7.86. The highest BCUT2D eigenvalue weighted by Crippen LogP contribution is 2.34. The maximum Gasteiger partial charge on any atom is 0.290 e. The van der Waals surface area contributed by atoms with Gasteiger partial charge in [0.05, 0.1) is 34.3 Å². The van der Waals surface area contributed by atoms with Crippen molar-refractivity contribution in [2.24, 2.45) is 11.8 Å². The van der Waals surface area contributed by atoms with Gasteiger partial charge < -0.3 is 19.8 Å². The number of fused-ring (bicyclic) bond motifs is 4. The summed E-state index contributed by atoms with van der Waals surface area (Å²) in [5, 5.41) is 0.272. The molecule has 0 unspecified atom stereocenters. The van der Waals surface area contributed by atoms with Crippen LogP contribution in [0.4, 0.5) is 8.78 Å². The van der Waals surface area contributed by atoms with Gasteiger partial charge in [-0.25, -0.2) is 13.8 Å². The van der Waals surface area contributed by atoms with Crippen molar-refractivity contribution in [1.29, 1.82) is 0 Å². The van der Waals surface area contributed by atoms with E-state index in [0.29, 0.717) is 31.8 Å². The normalized spacial score (nSPS) is 19.5. The van der Waals surface area contributed by atoms with E-state index in [0.717, 1.165) is 17.1 Å². The van der Waals surface area contributed by atoms with E-state index in [9.17, 15) is 23.2 Å². The maximum atomic E-state index is 14.2. The Bertz CT molecular complexity index is 1580. The van der Waals surface area contributed by atoms with Gasteiger partial charge >= 0.3 is 0 Å². The molecule has 2 aromatic carbocycles. The van der Waals surface area contributed by atoms with Crippen molar-refractivity contribution in [3.05, 3.63) is 65.6 Å². The van der Waals surface area contributed by atoms with Crippen molar-refractivity contribution in [2.45, 2.75) is 45.2 Å². The van der Waals surface area contributed by atoms with Crippen LogP contribution in [0.5, 0.6) is 0 Å². The molecule has 0 saturated carbocycles. The first-order chi connectivity index (χ1) is 18.7. The fourth-order valence-electron chi connectivity index (χ4n) is 6.10. The summed E-state index contributed by atoms with van der Waals surface area (Å²) in [4.78, 5) is 54.0. The number of rotatable bonds is 7. The summed E-state index contributed by atoms with van der Waals surface area (Å²) in [7, 11) is 0. The lowest BCUT2D eigenvalue weighted by Crippen LogP contribution is -2.52. The summed E-state index contributed by atoms with van der Waals surface area (Å²) in [5.74, 6) is -2.18. The first-order valence-corrected chi connectivity index (χ1v) is 13.2. The second-order valence-corrected chi connectivity index (χ2v) is 11.1. The number of benzene rings is 2. The van der Waals surface area contributed by atoms with E-state index in [2.05, 4.69) is 15.0 Å². The summed E-state index contributed by atoms with van der Waals surface area (Å²) in [5.41, 5.74) is 1.75. The number of likely N-dealkylation sites (tertiary alicyclic amines) is 2. The molecule has 2 fully saturated rings. The van der Waals surface area contributed by atoms with Gasteiger partial charge in [-0.15, -0.1) is 0 Å². The average Bonchev–Trinajstić information content (AvgIpc) is 3.68. The maximum absolute atomic E-state index is 14.2. The van der Waals surface area contributed by atoms with Gasteiger partial charge in [-0.2, -0.15) is 0 Å². The fraction of sp³-hybridized carbons (Fsp3) is 0.379. The molecule has 2 aliphatic rings. The summed E-state index contributed by atoms with van der Waals surface area (Å²) in [6.07, 6.45) is 1.17. The van der Waals surface area contributed by atoms with E-state index in [4.69, 9.17) is 0 Å². The Kier molecular flexibility index (Phi) is 6.20. The van der Waals surface area contributed by atoms with Gasteiger partial charge in [0, 0.05) is 36.9 Å². The van der Waals surface area contributed by atoms with Crippen LogP contribution in [0.1, 0.15) is 54.2 Å². The van der Waals surface area contributed by atoms with Gasteiger partial charge in [-0.1, -0.05) is 26.0 Å². The molecular formula is C29H29F2N5O3. The predicted octanol–water partition coefficient (Wildman–Crippen LogP) is 4.68. The van der Waals surface area contributed by atoms with Gasteiger partial charge in [0.1, 0.15) is 11.6 Å². The molecule has 3 atom stereocenters. The third kappa shape index (κ3) is 4.57. The molecule has 0 radical (unpaired) electrons. The molecule has 2 N–H and O–H groups in total. The number of carbonyl (C=O) groups excluding carboxylic acids is 3. The molecule has 10 heteroatoms. The molecule has 2 bridgehead atoms.